The van der Waals surface area contributed by atoms with Gasteiger partial charge in [-0.1, -0.05) is 12.1 Å². The van der Waals surface area contributed by atoms with Gasteiger partial charge in [0.25, 0.3) is 11.8 Å². The number of thioether (sulfide) groups is 1. The lowest BCUT2D eigenvalue weighted by Crippen LogP contribution is -2.47. The average molecular weight is 419 g/mol. The number of carbonyl (C=O) groups excluding carboxylic acids is 3. The molecule has 0 aliphatic heterocycles. The minimum atomic E-state index is -0.914. The molecule has 9 heteroatoms. The molecule has 29 heavy (non-hydrogen) atoms. The third kappa shape index (κ3) is 6.79. The fourth-order valence-corrected chi connectivity index (χ4v) is 3.14. The molecule has 0 saturated carbocycles. The SMILES string of the molecule is C[C@@H](Oc1ccc(F)cc1)C(=O)NNC(=O)c1ccccc1SCC(=O)N(C)C. The molecule has 0 unspecified atom stereocenters. The number of hydrogen-bond donors (Lipinski definition) is 2. The number of amides is 3. The number of benzene rings is 2. The van der Waals surface area contributed by atoms with Gasteiger partial charge in [0.1, 0.15) is 11.6 Å². The van der Waals surface area contributed by atoms with Gasteiger partial charge in [0.05, 0.1) is 11.3 Å². The van der Waals surface area contributed by atoms with E-state index in [-0.39, 0.29) is 11.7 Å². The Kier molecular flexibility index (Phi) is 8.02. The van der Waals surface area contributed by atoms with Crippen molar-refractivity contribution in [2.24, 2.45) is 0 Å². The van der Waals surface area contributed by atoms with Gasteiger partial charge in [0.2, 0.25) is 5.91 Å². The summed E-state index contributed by atoms with van der Waals surface area (Å²) in [6, 6.07) is 12.0. The number of nitrogens with one attached hydrogen (secondary N) is 2. The van der Waals surface area contributed by atoms with Crippen molar-refractivity contribution in [3.8, 4) is 5.75 Å². The predicted molar refractivity (Wildman–Crippen MR) is 108 cm³/mol. The van der Waals surface area contributed by atoms with Gasteiger partial charge in [-0.15, -0.1) is 11.8 Å². The van der Waals surface area contributed by atoms with Gasteiger partial charge in [-0.05, 0) is 43.3 Å². The number of ether oxygens (including phenoxy) is 1. The number of halogens is 1. The molecular weight excluding hydrogens is 397 g/mol. The molecule has 7 nitrogen and oxygen atoms in total. The van der Waals surface area contributed by atoms with Crippen LogP contribution in [-0.2, 0) is 9.59 Å². The molecule has 0 bridgehead atoms. The summed E-state index contributed by atoms with van der Waals surface area (Å²) in [7, 11) is 3.32. The molecule has 0 saturated heterocycles. The van der Waals surface area contributed by atoms with Crippen LogP contribution in [-0.4, -0.2) is 48.6 Å². The van der Waals surface area contributed by atoms with Crippen LogP contribution in [0, 0.1) is 5.82 Å². The summed E-state index contributed by atoms with van der Waals surface area (Å²) in [4.78, 5) is 38.4. The van der Waals surface area contributed by atoms with Crippen LogP contribution in [0.1, 0.15) is 17.3 Å². The first-order valence-electron chi connectivity index (χ1n) is 8.72. The lowest BCUT2D eigenvalue weighted by molar-refractivity contribution is -0.128. The predicted octanol–water partition coefficient (Wildman–Crippen LogP) is 2.23. The van der Waals surface area contributed by atoms with Crippen molar-refractivity contribution in [2.75, 3.05) is 19.8 Å². The maximum atomic E-state index is 12.9. The summed E-state index contributed by atoms with van der Waals surface area (Å²) >= 11 is 1.24. The van der Waals surface area contributed by atoms with Crippen molar-refractivity contribution in [2.45, 2.75) is 17.9 Å². The van der Waals surface area contributed by atoms with Crippen LogP contribution in [0.4, 0.5) is 4.39 Å². The van der Waals surface area contributed by atoms with Gasteiger partial charge < -0.3 is 9.64 Å². The molecule has 0 aliphatic carbocycles. The summed E-state index contributed by atoms with van der Waals surface area (Å²) in [5.41, 5.74) is 4.97. The second-order valence-electron chi connectivity index (χ2n) is 6.23. The summed E-state index contributed by atoms with van der Waals surface area (Å²) < 4.78 is 18.3. The molecule has 0 fully saturated rings. The molecule has 2 aromatic rings. The Morgan fingerprint density at radius 1 is 1.07 bits per heavy atom. The highest BCUT2D eigenvalue weighted by atomic mass is 32.2. The zero-order valence-corrected chi connectivity index (χ0v) is 17.1. The van der Waals surface area contributed by atoms with E-state index in [0.29, 0.717) is 16.2 Å². The monoisotopic (exact) mass is 419 g/mol. The third-order valence-electron chi connectivity index (χ3n) is 3.78. The zero-order valence-electron chi connectivity index (χ0n) is 16.3. The number of hydrazine groups is 1. The summed E-state index contributed by atoms with van der Waals surface area (Å²) in [6.07, 6.45) is -0.914. The van der Waals surface area contributed by atoms with Crippen molar-refractivity contribution >= 4 is 29.5 Å². The molecule has 154 valence electrons. The fourth-order valence-electron chi connectivity index (χ4n) is 2.11. The smallest absolute Gasteiger partial charge is 0.279 e. The maximum Gasteiger partial charge on any atom is 0.279 e. The van der Waals surface area contributed by atoms with Crippen molar-refractivity contribution in [1.29, 1.82) is 0 Å². The van der Waals surface area contributed by atoms with Crippen LogP contribution >= 0.6 is 11.8 Å². The van der Waals surface area contributed by atoms with Gasteiger partial charge in [-0.2, -0.15) is 0 Å². The maximum absolute atomic E-state index is 12.9. The second kappa shape index (κ2) is 10.5. The van der Waals surface area contributed by atoms with Crippen molar-refractivity contribution in [3.05, 3.63) is 59.9 Å². The highest BCUT2D eigenvalue weighted by Crippen LogP contribution is 2.22. The number of hydrogen-bond acceptors (Lipinski definition) is 5. The highest BCUT2D eigenvalue weighted by molar-refractivity contribution is 8.00. The van der Waals surface area contributed by atoms with Crippen molar-refractivity contribution in [3.63, 3.8) is 0 Å². The molecule has 0 aliphatic rings. The molecule has 0 aromatic heterocycles. The summed E-state index contributed by atoms with van der Waals surface area (Å²) in [6.45, 7) is 1.50. The van der Waals surface area contributed by atoms with Gasteiger partial charge in [-0.3, -0.25) is 25.2 Å². The van der Waals surface area contributed by atoms with E-state index in [4.69, 9.17) is 4.74 Å². The van der Waals surface area contributed by atoms with E-state index in [0.717, 1.165) is 0 Å². The normalized spacial score (nSPS) is 11.3. The topological polar surface area (TPSA) is 87.7 Å². The first kappa shape index (κ1) is 22.2. The van der Waals surface area contributed by atoms with Gasteiger partial charge in [0, 0.05) is 19.0 Å². The Hall–Kier alpha value is -3.07. The van der Waals surface area contributed by atoms with Crippen LogP contribution in [0.25, 0.3) is 0 Å². The Morgan fingerprint density at radius 3 is 2.38 bits per heavy atom. The highest BCUT2D eigenvalue weighted by Gasteiger charge is 2.18. The number of carbonyl (C=O) groups is 3. The summed E-state index contributed by atoms with van der Waals surface area (Å²) in [5, 5.41) is 0. The number of nitrogens with zero attached hydrogens (tertiary/aromatic N) is 1. The van der Waals surface area contributed by atoms with Gasteiger partial charge >= 0.3 is 0 Å². The van der Waals surface area contributed by atoms with E-state index in [9.17, 15) is 18.8 Å². The average Bonchev–Trinajstić information content (AvgIpc) is 2.71. The first-order chi connectivity index (χ1) is 13.8. The van der Waals surface area contributed by atoms with Crippen LogP contribution in [0.15, 0.2) is 53.4 Å². The third-order valence-corrected chi connectivity index (χ3v) is 4.83. The van der Waals surface area contributed by atoms with Gasteiger partial charge in [0.15, 0.2) is 6.10 Å². The molecule has 1 atom stereocenters. The van der Waals surface area contributed by atoms with Crippen LogP contribution < -0.4 is 15.6 Å². The standard InChI is InChI=1S/C20H22FN3O4S/c1-13(28-15-10-8-14(21)9-11-15)19(26)22-23-20(27)16-6-4-5-7-17(16)29-12-18(25)24(2)3/h4-11,13H,12H2,1-3H3,(H,22,26)(H,23,27)/t13-/m1/s1. The molecule has 0 heterocycles. The Labute approximate surface area is 172 Å². The Bertz CT molecular complexity index is 874. The quantitative estimate of drug-likeness (QED) is 0.531. The van der Waals surface area contributed by atoms with Crippen LogP contribution in [0.2, 0.25) is 0 Å². The van der Waals surface area contributed by atoms with Crippen molar-refractivity contribution < 1.29 is 23.5 Å². The largest absolute Gasteiger partial charge is 0.481 e. The van der Waals surface area contributed by atoms with Crippen LogP contribution in [0.3, 0.4) is 0 Å². The minimum absolute atomic E-state index is 0.0784. The summed E-state index contributed by atoms with van der Waals surface area (Å²) in [5.74, 6) is -1.07. The fraction of sp³-hybridized carbons (Fsp3) is 0.250. The van der Waals surface area contributed by atoms with E-state index in [1.54, 1.807) is 38.4 Å². The lowest BCUT2D eigenvalue weighted by Gasteiger charge is -2.16. The molecule has 0 spiro atoms. The van der Waals surface area contributed by atoms with E-state index in [1.165, 1.54) is 47.9 Å². The molecule has 0 radical (unpaired) electrons. The van der Waals surface area contributed by atoms with Gasteiger partial charge in [-0.25, -0.2) is 4.39 Å². The number of rotatable bonds is 7. The molecule has 3 amide bonds. The zero-order chi connectivity index (χ0) is 21.4. The van der Waals surface area contributed by atoms with E-state index in [1.807, 2.05) is 0 Å². The van der Waals surface area contributed by atoms with E-state index < -0.39 is 23.7 Å². The second-order valence-corrected chi connectivity index (χ2v) is 7.25. The van der Waals surface area contributed by atoms with Crippen molar-refractivity contribution in [1.82, 2.24) is 15.8 Å². The Morgan fingerprint density at radius 2 is 1.72 bits per heavy atom. The molecule has 2 N–H and O–H groups in total. The molecule has 2 rings (SSSR count). The van der Waals surface area contributed by atoms with Crippen LogP contribution in [0.5, 0.6) is 5.75 Å². The lowest BCUT2D eigenvalue weighted by atomic mass is 10.2. The first-order valence-corrected chi connectivity index (χ1v) is 9.71. The molecular formula is C20H22FN3O4S. The van der Waals surface area contributed by atoms with E-state index in [2.05, 4.69) is 10.9 Å². The minimum Gasteiger partial charge on any atom is -0.481 e. The molecule has 2 aromatic carbocycles. The Balaban J connectivity index is 1.92. The van der Waals surface area contributed by atoms with E-state index >= 15 is 0 Å².